The second kappa shape index (κ2) is 12.9. The van der Waals surface area contributed by atoms with Gasteiger partial charge in [0.1, 0.15) is 22.9 Å². The van der Waals surface area contributed by atoms with E-state index in [4.69, 9.17) is 9.47 Å². The van der Waals surface area contributed by atoms with Gasteiger partial charge in [-0.25, -0.2) is 13.2 Å². The zero-order valence-corrected chi connectivity index (χ0v) is 28.9. The van der Waals surface area contributed by atoms with Crippen LogP contribution in [0.15, 0.2) is 54.1 Å². The fraction of sp³-hybridized carbons (Fsp3) is 0.514. The first-order valence-corrected chi connectivity index (χ1v) is 17.9. The summed E-state index contributed by atoms with van der Waals surface area (Å²) >= 11 is 0. The summed E-state index contributed by atoms with van der Waals surface area (Å²) in [5.74, 6) is 0.0138. The van der Waals surface area contributed by atoms with E-state index in [2.05, 4.69) is 10.6 Å². The van der Waals surface area contributed by atoms with Gasteiger partial charge in [-0.2, -0.15) is 0 Å². The van der Waals surface area contributed by atoms with Crippen molar-refractivity contribution in [2.45, 2.75) is 82.9 Å². The lowest BCUT2D eigenvalue weighted by atomic mass is 9.74. The number of rotatable bonds is 7. The number of ether oxygens (including phenoxy) is 2. The number of amides is 3. The molecule has 2 aromatic rings. The molecular weight excluding hydrogens is 620 g/mol. The maximum absolute atomic E-state index is 14.3. The molecule has 11 nitrogen and oxygen atoms in total. The van der Waals surface area contributed by atoms with Crippen LogP contribution in [0.4, 0.5) is 10.5 Å². The van der Waals surface area contributed by atoms with Gasteiger partial charge in [-0.1, -0.05) is 48.0 Å². The molecule has 0 aliphatic carbocycles. The van der Waals surface area contributed by atoms with E-state index in [9.17, 15) is 22.8 Å². The fourth-order valence-electron chi connectivity index (χ4n) is 6.58. The van der Waals surface area contributed by atoms with Gasteiger partial charge < -0.3 is 25.0 Å². The number of alkyl carbamates (subject to hydrolysis) is 1. The molecule has 1 saturated heterocycles. The van der Waals surface area contributed by atoms with E-state index in [-0.39, 0.29) is 12.3 Å². The molecule has 0 bridgehead atoms. The monoisotopic (exact) mass is 666 g/mol. The first-order chi connectivity index (χ1) is 22.0. The standard InChI is InChI=1S/C35H46N4O7S/c1-33(2,3)46-32(42)37-34(4,5)31(41)36-27(22-24-15-20-45-29-14-10-7-11-25(29)21-24)30(40)38-18-16-35(17-19-38)23-39(47(6,43)44)28-13-9-8-12-26(28)35/h7-14,21,27H,15-20,22-23H2,1-6H3,(H,36,41)(H,37,42)/t27-/m1/s1. The van der Waals surface area contributed by atoms with Crippen molar-refractivity contribution in [2.75, 3.05) is 36.8 Å². The molecule has 0 aromatic heterocycles. The number of sulfonamides is 1. The Hall–Kier alpha value is -4.06. The van der Waals surface area contributed by atoms with Crippen LogP contribution in [0, 0.1) is 0 Å². The van der Waals surface area contributed by atoms with Crippen molar-refractivity contribution in [3.8, 4) is 5.75 Å². The van der Waals surface area contributed by atoms with Gasteiger partial charge in [0, 0.05) is 37.0 Å². The third kappa shape index (κ3) is 7.75. The van der Waals surface area contributed by atoms with E-state index in [0.717, 1.165) is 22.4 Å². The summed E-state index contributed by atoms with van der Waals surface area (Å²) in [4.78, 5) is 42.3. The Morgan fingerprint density at radius 1 is 1.00 bits per heavy atom. The molecule has 1 spiro atoms. The minimum Gasteiger partial charge on any atom is -0.493 e. The van der Waals surface area contributed by atoms with E-state index in [1.165, 1.54) is 10.6 Å². The van der Waals surface area contributed by atoms with Crippen molar-refractivity contribution in [2.24, 2.45) is 0 Å². The second-order valence-electron chi connectivity index (χ2n) is 14.3. The number of carbonyl (C=O) groups is 3. The Morgan fingerprint density at radius 3 is 2.34 bits per heavy atom. The number of fused-ring (bicyclic) bond motifs is 3. The zero-order valence-electron chi connectivity index (χ0n) is 28.1. The summed E-state index contributed by atoms with van der Waals surface area (Å²) in [5.41, 5.74) is 1.02. The molecule has 1 fully saturated rings. The number of benzene rings is 2. The van der Waals surface area contributed by atoms with Crippen LogP contribution < -0.4 is 19.7 Å². The average molecular weight is 667 g/mol. The van der Waals surface area contributed by atoms with Crippen LogP contribution in [-0.2, 0) is 29.8 Å². The number of piperidine rings is 1. The second-order valence-corrected chi connectivity index (χ2v) is 16.2. The van der Waals surface area contributed by atoms with Gasteiger partial charge in [-0.05, 0) is 71.6 Å². The van der Waals surface area contributed by atoms with E-state index < -0.39 is 44.6 Å². The zero-order chi connectivity index (χ0) is 34.2. The van der Waals surface area contributed by atoms with Gasteiger partial charge in [-0.3, -0.25) is 13.9 Å². The van der Waals surface area contributed by atoms with Crippen LogP contribution in [0.2, 0.25) is 0 Å². The molecule has 2 aromatic carbocycles. The number of hydrogen-bond acceptors (Lipinski definition) is 7. The highest BCUT2D eigenvalue weighted by molar-refractivity contribution is 7.92. The Kier molecular flexibility index (Phi) is 9.38. The first kappa shape index (κ1) is 34.3. The van der Waals surface area contributed by atoms with Gasteiger partial charge >= 0.3 is 6.09 Å². The Morgan fingerprint density at radius 2 is 1.66 bits per heavy atom. The summed E-state index contributed by atoms with van der Waals surface area (Å²) in [7, 11) is -3.47. The van der Waals surface area contributed by atoms with Gasteiger partial charge in [0.25, 0.3) is 0 Å². The molecule has 1 atom stereocenters. The quantitative estimate of drug-likeness (QED) is 0.448. The summed E-state index contributed by atoms with van der Waals surface area (Å²) in [6.07, 6.45) is 4.50. The molecule has 0 unspecified atom stereocenters. The Bertz CT molecular complexity index is 1670. The minimum absolute atomic E-state index is 0.230. The number of likely N-dealkylation sites (tertiary alicyclic amines) is 1. The third-order valence-corrected chi connectivity index (χ3v) is 10.2. The molecule has 3 amide bonds. The molecule has 47 heavy (non-hydrogen) atoms. The van der Waals surface area contributed by atoms with Gasteiger partial charge in [-0.15, -0.1) is 0 Å². The molecular formula is C35H46N4O7S. The predicted molar refractivity (Wildman–Crippen MR) is 181 cm³/mol. The van der Waals surface area contributed by atoms with Gasteiger partial charge in [0.05, 0.1) is 18.6 Å². The number of hydrogen-bond donors (Lipinski definition) is 2. The maximum atomic E-state index is 14.3. The number of nitrogens with zero attached hydrogens (tertiary/aromatic N) is 2. The normalized spacial score (nSPS) is 18.2. The highest BCUT2D eigenvalue weighted by Gasteiger charge is 2.48. The number of anilines is 1. The van der Waals surface area contributed by atoms with Crippen LogP contribution in [0.3, 0.4) is 0 Å². The number of para-hydroxylation sites is 2. The van der Waals surface area contributed by atoms with E-state index in [1.54, 1.807) is 39.5 Å². The highest BCUT2D eigenvalue weighted by Crippen LogP contribution is 2.48. The summed E-state index contributed by atoms with van der Waals surface area (Å²) < 4.78 is 38.1. The van der Waals surface area contributed by atoms with Gasteiger partial charge in [0.2, 0.25) is 21.8 Å². The lowest BCUT2D eigenvalue weighted by Crippen LogP contribution is -2.60. The molecule has 3 aliphatic rings. The Labute approximate surface area is 277 Å². The summed E-state index contributed by atoms with van der Waals surface area (Å²) in [6, 6.07) is 14.4. The van der Waals surface area contributed by atoms with Crippen LogP contribution in [0.5, 0.6) is 5.75 Å². The maximum Gasteiger partial charge on any atom is 0.408 e. The summed E-state index contributed by atoms with van der Waals surface area (Å²) in [6.45, 7) is 9.93. The van der Waals surface area contributed by atoms with Crippen LogP contribution in [0.25, 0.3) is 6.08 Å². The van der Waals surface area contributed by atoms with Crippen molar-refractivity contribution in [1.82, 2.24) is 15.5 Å². The predicted octanol–water partition coefficient (Wildman–Crippen LogP) is 4.37. The van der Waals surface area contributed by atoms with Crippen LogP contribution in [-0.4, -0.2) is 80.9 Å². The fourth-order valence-corrected chi connectivity index (χ4v) is 7.57. The molecule has 5 rings (SSSR count). The minimum atomic E-state index is -3.47. The van der Waals surface area contributed by atoms with Crippen molar-refractivity contribution in [3.05, 3.63) is 65.2 Å². The Balaban J connectivity index is 1.36. The average Bonchev–Trinajstić information content (AvgIpc) is 3.16. The number of carbonyl (C=O) groups excluding carboxylic acids is 3. The van der Waals surface area contributed by atoms with E-state index >= 15 is 0 Å². The molecule has 254 valence electrons. The number of nitrogens with one attached hydrogen (secondary N) is 2. The first-order valence-electron chi connectivity index (χ1n) is 16.1. The van der Waals surface area contributed by atoms with Gasteiger partial charge in [0.15, 0.2) is 0 Å². The van der Waals surface area contributed by atoms with E-state index in [1.807, 2.05) is 54.6 Å². The lowest BCUT2D eigenvalue weighted by Gasteiger charge is -2.41. The van der Waals surface area contributed by atoms with E-state index in [0.29, 0.717) is 51.2 Å². The molecule has 2 N–H and O–H groups in total. The molecule has 3 aliphatic heterocycles. The SMILES string of the molecule is CC(C)(C)OC(=O)NC(C)(C)C(=O)N[C@H](CC1=Cc2ccccc2OCC1)C(=O)N1CCC2(CC1)CN(S(C)(=O)=O)c1ccccc12. The van der Waals surface area contributed by atoms with Crippen molar-refractivity contribution in [1.29, 1.82) is 0 Å². The largest absolute Gasteiger partial charge is 0.493 e. The molecule has 12 heteroatoms. The third-order valence-electron chi connectivity index (χ3n) is 9.03. The topological polar surface area (TPSA) is 134 Å². The van der Waals surface area contributed by atoms with Crippen LogP contribution >= 0.6 is 0 Å². The van der Waals surface area contributed by atoms with Crippen molar-refractivity contribution >= 4 is 39.7 Å². The molecule has 3 heterocycles. The van der Waals surface area contributed by atoms with Crippen molar-refractivity contribution in [3.63, 3.8) is 0 Å². The smallest absolute Gasteiger partial charge is 0.408 e. The molecule has 0 radical (unpaired) electrons. The highest BCUT2D eigenvalue weighted by atomic mass is 32.2. The van der Waals surface area contributed by atoms with Crippen LogP contribution in [0.1, 0.15) is 71.4 Å². The lowest BCUT2D eigenvalue weighted by molar-refractivity contribution is -0.139. The molecule has 0 saturated carbocycles. The summed E-state index contributed by atoms with van der Waals surface area (Å²) in [5, 5.41) is 5.58. The van der Waals surface area contributed by atoms with Crippen molar-refractivity contribution < 1.29 is 32.3 Å².